The van der Waals surface area contributed by atoms with Gasteiger partial charge in [0.1, 0.15) is 5.75 Å². The Labute approximate surface area is 126 Å². The van der Waals surface area contributed by atoms with Crippen LogP contribution in [0.15, 0.2) is 36.4 Å². The first-order chi connectivity index (χ1) is 10.0. The van der Waals surface area contributed by atoms with Crippen LogP contribution in [0.5, 0.6) is 5.75 Å². The topological polar surface area (TPSA) is 41.5 Å². The van der Waals surface area contributed by atoms with Crippen LogP contribution in [-0.4, -0.2) is 18.8 Å². The number of aliphatic hydroxyl groups is 1. The summed E-state index contributed by atoms with van der Waals surface area (Å²) < 4.78 is 5.23. The predicted octanol–water partition coefficient (Wildman–Crippen LogP) is 3.77. The highest BCUT2D eigenvalue weighted by atomic mass is 16.5. The van der Waals surface area contributed by atoms with E-state index in [1.165, 1.54) is 16.7 Å². The van der Waals surface area contributed by atoms with Gasteiger partial charge in [-0.2, -0.15) is 0 Å². The number of aryl methyl sites for hydroxylation is 3. The summed E-state index contributed by atoms with van der Waals surface area (Å²) in [6.45, 7) is 6.33. The second-order valence-corrected chi connectivity index (χ2v) is 5.40. The quantitative estimate of drug-likeness (QED) is 0.878. The van der Waals surface area contributed by atoms with E-state index in [4.69, 9.17) is 4.74 Å². The number of anilines is 1. The average molecular weight is 285 g/mol. The first-order valence-corrected chi connectivity index (χ1v) is 7.14. The van der Waals surface area contributed by atoms with Crippen molar-refractivity contribution in [3.63, 3.8) is 0 Å². The molecule has 0 spiro atoms. The molecule has 0 fully saturated rings. The van der Waals surface area contributed by atoms with Crippen LogP contribution >= 0.6 is 0 Å². The maximum atomic E-state index is 9.76. The highest BCUT2D eigenvalue weighted by Gasteiger charge is 2.14. The van der Waals surface area contributed by atoms with Gasteiger partial charge in [-0.05, 0) is 55.2 Å². The van der Waals surface area contributed by atoms with E-state index >= 15 is 0 Å². The van der Waals surface area contributed by atoms with Crippen molar-refractivity contribution in [2.24, 2.45) is 0 Å². The Morgan fingerprint density at radius 2 is 1.76 bits per heavy atom. The van der Waals surface area contributed by atoms with Gasteiger partial charge in [0.25, 0.3) is 0 Å². The monoisotopic (exact) mass is 285 g/mol. The van der Waals surface area contributed by atoms with Crippen molar-refractivity contribution >= 4 is 5.69 Å². The highest BCUT2D eigenvalue weighted by Crippen LogP contribution is 2.26. The fraction of sp³-hybridized carbons (Fsp3) is 0.333. The first kappa shape index (κ1) is 15.4. The minimum absolute atomic E-state index is 0.0422. The SMILES string of the molecule is COc1cccc(NC(CO)c2cc(C)c(C)cc2C)c1. The summed E-state index contributed by atoms with van der Waals surface area (Å²) in [6, 6.07) is 11.9. The van der Waals surface area contributed by atoms with Crippen molar-refractivity contribution in [2.75, 3.05) is 19.0 Å². The van der Waals surface area contributed by atoms with Crippen molar-refractivity contribution in [1.82, 2.24) is 0 Å². The normalized spacial score (nSPS) is 12.0. The largest absolute Gasteiger partial charge is 0.497 e. The number of benzene rings is 2. The lowest BCUT2D eigenvalue weighted by Crippen LogP contribution is -2.16. The fourth-order valence-electron chi connectivity index (χ4n) is 2.49. The summed E-state index contributed by atoms with van der Waals surface area (Å²) in [7, 11) is 1.65. The summed E-state index contributed by atoms with van der Waals surface area (Å²) in [6.07, 6.45) is 0. The molecule has 112 valence electrons. The van der Waals surface area contributed by atoms with E-state index < -0.39 is 0 Å². The molecule has 0 saturated carbocycles. The van der Waals surface area contributed by atoms with Crippen LogP contribution in [0, 0.1) is 20.8 Å². The number of nitrogens with one attached hydrogen (secondary N) is 1. The number of rotatable bonds is 5. The Morgan fingerprint density at radius 1 is 1.05 bits per heavy atom. The molecule has 0 saturated heterocycles. The van der Waals surface area contributed by atoms with Crippen LogP contribution in [0.1, 0.15) is 28.3 Å². The first-order valence-electron chi connectivity index (χ1n) is 7.14. The third kappa shape index (κ3) is 3.56. The number of ether oxygens (including phenoxy) is 1. The van der Waals surface area contributed by atoms with E-state index in [-0.39, 0.29) is 12.6 Å². The van der Waals surface area contributed by atoms with Gasteiger partial charge in [-0.1, -0.05) is 18.2 Å². The molecule has 0 bridgehead atoms. The zero-order valence-corrected chi connectivity index (χ0v) is 13.1. The van der Waals surface area contributed by atoms with Gasteiger partial charge in [-0.3, -0.25) is 0 Å². The molecule has 1 unspecified atom stereocenters. The third-order valence-electron chi connectivity index (χ3n) is 3.85. The van der Waals surface area contributed by atoms with E-state index in [1.807, 2.05) is 24.3 Å². The molecule has 0 aromatic heterocycles. The summed E-state index contributed by atoms with van der Waals surface area (Å²) in [5.74, 6) is 0.800. The highest BCUT2D eigenvalue weighted by molar-refractivity contribution is 5.51. The minimum Gasteiger partial charge on any atom is -0.497 e. The number of hydrogen-bond acceptors (Lipinski definition) is 3. The molecule has 0 aliphatic heterocycles. The van der Waals surface area contributed by atoms with Crippen LogP contribution in [-0.2, 0) is 0 Å². The maximum Gasteiger partial charge on any atom is 0.120 e. The van der Waals surface area contributed by atoms with E-state index in [9.17, 15) is 5.11 Å². The molecule has 2 aromatic carbocycles. The standard InChI is InChI=1S/C18H23NO2/c1-12-8-14(3)17(9-13(12)2)18(11-20)19-15-6-5-7-16(10-15)21-4/h5-10,18-20H,11H2,1-4H3. The maximum absolute atomic E-state index is 9.76. The zero-order chi connectivity index (χ0) is 15.4. The Hall–Kier alpha value is -2.00. The van der Waals surface area contributed by atoms with Crippen LogP contribution in [0.25, 0.3) is 0 Å². The Balaban J connectivity index is 2.29. The van der Waals surface area contributed by atoms with E-state index in [2.05, 4.69) is 38.2 Å². The molecule has 0 heterocycles. The van der Waals surface area contributed by atoms with Gasteiger partial charge in [-0.25, -0.2) is 0 Å². The van der Waals surface area contributed by atoms with Gasteiger partial charge in [0.05, 0.1) is 19.8 Å². The molecule has 21 heavy (non-hydrogen) atoms. The second-order valence-electron chi connectivity index (χ2n) is 5.40. The molecule has 2 aromatic rings. The lowest BCUT2D eigenvalue weighted by molar-refractivity contribution is 0.276. The molecule has 0 radical (unpaired) electrons. The summed E-state index contributed by atoms with van der Waals surface area (Å²) in [5.41, 5.74) is 5.76. The van der Waals surface area contributed by atoms with Crippen LogP contribution in [0.2, 0.25) is 0 Å². The van der Waals surface area contributed by atoms with Crippen molar-refractivity contribution < 1.29 is 9.84 Å². The smallest absolute Gasteiger partial charge is 0.120 e. The molecule has 1 atom stereocenters. The summed E-state index contributed by atoms with van der Waals surface area (Å²) in [5, 5.41) is 13.1. The van der Waals surface area contributed by atoms with E-state index in [0.717, 1.165) is 17.0 Å². The lowest BCUT2D eigenvalue weighted by Gasteiger charge is -2.21. The van der Waals surface area contributed by atoms with Gasteiger partial charge in [0.15, 0.2) is 0 Å². The van der Waals surface area contributed by atoms with Crippen LogP contribution in [0.3, 0.4) is 0 Å². The molecular formula is C18H23NO2. The minimum atomic E-state index is -0.128. The number of aliphatic hydroxyl groups excluding tert-OH is 1. The Morgan fingerprint density at radius 3 is 2.43 bits per heavy atom. The summed E-state index contributed by atoms with van der Waals surface area (Å²) in [4.78, 5) is 0. The number of methoxy groups -OCH3 is 1. The average Bonchev–Trinajstić information content (AvgIpc) is 2.49. The summed E-state index contributed by atoms with van der Waals surface area (Å²) >= 11 is 0. The van der Waals surface area contributed by atoms with E-state index in [0.29, 0.717) is 0 Å². The van der Waals surface area contributed by atoms with Crippen molar-refractivity contribution in [3.8, 4) is 5.75 Å². The van der Waals surface area contributed by atoms with Crippen LogP contribution in [0.4, 0.5) is 5.69 Å². The van der Waals surface area contributed by atoms with Gasteiger partial charge >= 0.3 is 0 Å². The number of hydrogen-bond donors (Lipinski definition) is 2. The van der Waals surface area contributed by atoms with E-state index in [1.54, 1.807) is 7.11 Å². The van der Waals surface area contributed by atoms with Crippen molar-refractivity contribution in [1.29, 1.82) is 0 Å². The van der Waals surface area contributed by atoms with Gasteiger partial charge in [0, 0.05) is 11.8 Å². The Kier molecular flexibility index (Phi) is 4.86. The zero-order valence-electron chi connectivity index (χ0n) is 13.1. The lowest BCUT2D eigenvalue weighted by atomic mass is 9.96. The predicted molar refractivity (Wildman–Crippen MR) is 87.1 cm³/mol. The molecule has 0 aliphatic carbocycles. The van der Waals surface area contributed by atoms with Gasteiger partial charge in [-0.15, -0.1) is 0 Å². The van der Waals surface area contributed by atoms with Crippen molar-refractivity contribution in [2.45, 2.75) is 26.8 Å². The molecular weight excluding hydrogens is 262 g/mol. The molecule has 3 heteroatoms. The molecule has 2 rings (SSSR count). The molecule has 3 nitrogen and oxygen atoms in total. The second kappa shape index (κ2) is 6.64. The van der Waals surface area contributed by atoms with Crippen LogP contribution < -0.4 is 10.1 Å². The Bertz CT molecular complexity index is 623. The van der Waals surface area contributed by atoms with Crippen molar-refractivity contribution in [3.05, 3.63) is 58.7 Å². The van der Waals surface area contributed by atoms with Gasteiger partial charge < -0.3 is 15.2 Å². The molecule has 0 amide bonds. The third-order valence-corrected chi connectivity index (χ3v) is 3.85. The van der Waals surface area contributed by atoms with Gasteiger partial charge in [0.2, 0.25) is 0 Å². The molecule has 2 N–H and O–H groups in total. The fourth-order valence-corrected chi connectivity index (χ4v) is 2.49. The molecule has 0 aliphatic rings.